The summed E-state index contributed by atoms with van der Waals surface area (Å²) in [5.74, 6) is 0. The largest absolute Gasteiger partial charge is 0.423 e. The summed E-state index contributed by atoms with van der Waals surface area (Å²) in [5.41, 5.74) is -3.17. The maximum absolute atomic E-state index is 13.1. The van der Waals surface area contributed by atoms with E-state index in [0.29, 0.717) is 23.0 Å². The summed E-state index contributed by atoms with van der Waals surface area (Å²) in [7, 11) is 0. The molecule has 0 amide bonds. The summed E-state index contributed by atoms with van der Waals surface area (Å²) < 4.78 is 42.1. The number of aromatic nitrogens is 5. The Morgan fingerprint density at radius 1 is 1.26 bits per heavy atom. The van der Waals surface area contributed by atoms with Crippen LogP contribution in [0.1, 0.15) is 38.1 Å². The first kappa shape index (κ1) is 17.0. The average Bonchev–Trinajstić information content (AvgIpc) is 2.88. The lowest BCUT2D eigenvalue weighted by Gasteiger charge is -2.16. The van der Waals surface area contributed by atoms with Gasteiger partial charge in [-0.15, -0.1) is 5.10 Å². The van der Waals surface area contributed by atoms with E-state index >= 15 is 0 Å². The van der Waals surface area contributed by atoms with Crippen LogP contribution >= 0.6 is 0 Å². The molecule has 10 heteroatoms. The third kappa shape index (κ3) is 3.20. The molecule has 0 aliphatic rings. The van der Waals surface area contributed by atoms with Crippen molar-refractivity contribution in [2.24, 2.45) is 0 Å². The highest BCUT2D eigenvalue weighted by Gasteiger charge is 2.36. The molecule has 0 bridgehead atoms. The van der Waals surface area contributed by atoms with Gasteiger partial charge in [0.15, 0.2) is 0 Å². The van der Waals surface area contributed by atoms with Crippen LogP contribution in [0.2, 0.25) is 0 Å². The van der Waals surface area contributed by atoms with Gasteiger partial charge in [0.1, 0.15) is 5.56 Å². The fourth-order valence-corrected chi connectivity index (χ4v) is 2.15. The second kappa shape index (κ2) is 6.01. The molecule has 7 nitrogen and oxygen atoms in total. The minimum atomic E-state index is -4.84. The third-order valence-electron chi connectivity index (χ3n) is 3.37. The highest BCUT2D eigenvalue weighted by atomic mass is 19.4. The Labute approximate surface area is 129 Å². The van der Waals surface area contributed by atoms with Gasteiger partial charge in [-0.05, 0) is 20.8 Å². The quantitative estimate of drug-likeness (QED) is 0.845. The van der Waals surface area contributed by atoms with Crippen molar-refractivity contribution in [3.05, 3.63) is 44.5 Å². The zero-order valence-corrected chi connectivity index (χ0v) is 12.8. The molecule has 0 saturated heterocycles. The van der Waals surface area contributed by atoms with Crippen molar-refractivity contribution in [3.8, 4) is 0 Å². The van der Waals surface area contributed by atoms with E-state index in [2.05, 4.69) is 10.3 Å². The number of aryl methyl sites for hydroxylation is 1. The van der Waals surface area contributed by atoms with Gasteiger partial charge in [-0.3, -0.25) is 13.9 Å². The van der Waals surface area contributed by atoms with Gasteiger partial charge in [0.25, 0.3) is 5.56 Å². The van der Waals surface area contributed by atoms with E-state index in [9.17, 15) is 22.8 Å². The van der Waals surface area contributed by atoms with Crippen molar-refractivity contribution in [1.82, 2.24) is 24.1 Å². The molecule has 0 atom stereocenters. The zero-order chi connectivity index (χ0) is 17.4. The van der Waals surface area contributed by atoms with Crippen LogP contribution in [-0.2, 0) is 19.3 Å². The predicted molar refractivity (Wildman–Crippen MR) is 75.1 cm³/mol. The molecule has 0 unspecified atom stereocenters. The molecular weight excluding hydrogens is 315 g/mol. The molecule has 0 saturated carbocycles. The van der Waals surface area contributed by atoms with Gasteiger partial charge in [0.05, 0.1) is 18.4 Å². The van der Waals surface area contributed by atoms with Gasteiger partial charge in [-0.1, -0.05) is 5.21 Å². The predicted octanol–water partition coefficient (Wildman–Crippen LogP) is 1.27. The number of nitrogens with zero attached hydrogens (tertiary/aromatic N) is 5. The van der Waals surface area contributed by atoms with E-state index in [-0.39, 0.29) is 6.54 Å². The van der Waals surface area contributed by atoms with Crippen LogP contribution in [0.25, 0.3) is 0 Å². The number of rotatable bonds is 4. The van der Waals surface area contributed by atoms with Gasteiger partial charge >= 0.3 is 11.9 Å². The molecule has 0 spiro atoms. The molecule has 0 aliphatic carbocycles. The topological polar surface area (TPSA) is 74.7 Å². The number of hydrogen-bond donors (Lipinski definition) is 0. The van der Waals surface area contributed by atoms with E-state index in [1.807, 2.05) is 0 Å². The molecule has 0 aliphatic heterocycles. The van der Waals surface area contributed by atoms with Crippen LogP contribution in [0.3, 0.4) is 0 Å². The maximum atomic E-state index is 13.1. The van der Waals surface area contributed by atoms with Crippen molar-refractivity contribution in [2.45, 2.75) is 46.1 Å². The Balaban J connectivity index is 2.69. The molecule has 0 fully saturated rings. The summed E-state index contributed by atoms with van der Waals surface area (Å²) in [4.78, 5) is 24.5. The monoisotopic (exact) mass is 331 g/mol. The normalized spacial score (nSPS) is 12.1. The number of alkyl halides is 3. The first-order chi connectivity index (χ1) is 10.7. The van der Waals surface area contributed by atoms with Crippen LogP contribution in [0, 0.1) is 0 Å². The van der Waals surface area contributed by atoms with Gasteiger partial charge in [-0.2, -0.15) is 13.2 Å². The fraction of sp³-hybridized carbons (Fsp3) is 0.538. The van der Waals surface area contributed by atoms with Crippen molar-refractivity contribution in [3.63, 3.8) is 0 Å². The maximum Gasteiger partial charge on any atom is 0.423 e. The SMILES string of the molecule is CCn1nncc1Cn1c(=O)c(C(F)(F)F)cn(C(C)C)c1=O. The molecule has 126 valence electrons. The average molecular weight is 331 g/mol. The molecule has 2 aromatic heterocycles. The standard InChI is InChI=1S/C13H16F3N5O2/c1-4-21-9(5-17-18-21)6-20-11(22)10(13(14,15)16)7-19(8(2)3)12(20)23/h5,7-8H,4,6H2,1-3H3. The Hall–Kier alpha value is -2.39. The molecule has 2 rings (SSSR count). The Bertz CT molecular complexity index is 816. The molecule has 2 aromatic rings. The van der Waals surface area contributed by atoms with E-state index < -0.39 is 29.0 Å². The van der Waals surface area contributed by atoms with Gasteiger partial charge in [-0.25, -0.2) is 9.48 Å². The van der Waals surface area contributed by atoms with E-state index in [0.717, 1.165) is 4.57 Å². The summed E-state index contributed by atoms with van der Waals surface area (Å²) in [6, 6.07) is -0.523. The smallest absolute Gasteiger partial charge is 0.297 e. The molecule has 0 radical (unpaired) electrons. The summed E-state index contributed by atoms with van der Waals surface area (Å²) in [6.45, 7) is 4.98. The second-order valence-electron chi connectivity index (χ2n) is 5.26. The first-order valence-corrected chi connectivity index (χ1v) is 6.97. The van der Waals surface area contributed by atoms with Crippen LogP contribution in [0.5, 0.6) is 0 Å². The lowest BCUT2D eigenvalue weighted by molar-refractivity contribution is -0.139. The third-order valence-corrected chi connectivity index (χ3v) is 3.37. The van der Waals surface area contributed by atoms with Crippen molar-refractivity contribution < 1.29 is 13.2 Å². The summed E-state index contributed by atoms with van der Waals surface area (Å²) >= 11 is 0. The van der Waals surface area contributed by atoms with Crippen LogP contribution in [-0.4, -0.2) is 24.1 Å². The highest BCUT2D eigenvalue weighted by Crippen LogP contribution is 2.26. The van der Waals surface area contributed by atoms with Crippen molar-refractivity contribution in [1.29, 1.82) is 0 Å². The first-order valence-electron chi connectivity index (χ1n) is 6.97. The van der Waals surface area contributed by atoms with E-state index in [1.165, 1.54) is 10.9 Å². The van der Waals surface area contributed by atoms with E-state index in [1.54, 1.807) is 20.8 Å². The van der Waals surface area contributed by atoms with Gasteiger partial charge < -0.3 is 0 Å². The zero-order valence-electron chi connectivity index (χ0n) is 12.8. The molecule has 2 heterocycles. The van der Waals surface area contributed by atoms with Gasteiger partial charge in [0.2, 0.25) is 0 Å². The summed E-state index contributed by atoms with van der Waals surface area (Å²) in [6.07, 6.45) is -2.96. The number of halogens is 3. The van der Waals surface area contributed by atoms with Gasteiger partial charge in [0, 0.05) is 18.8 Å². The molecule has 23 heavy (non-hydrogen) atoms. The second-order valence-corrected chi connectivity index (χ2v) is 5.26. The fourth-order valence-electron chi connectivity index (χ4n) is 2.15. The van der Waals surface area contributed by atoms with Crippen molar-refractivity contribution >= 4 is 0 Å². The summed E-state index contributed by atoms with van der Waals surface area (Å²) in [5, 5.41) is 7.38. The van der Waals surface area contributed by atoms with Crippen LogP contribution in [0.4, 0.5) is 13.2 Å². The Morgan fingerprint density at radius 3 is 2.43 bits per heavy atom. The lowest BCUT2D eigenvalue weighted by Crippen LogP contribution is -2.44. The number of hydrogen-bond acceptors (Lipinski definition) is 4. The van der Waals surface area contributed by atoms with Crippen LogP contribution in [0.15, 0.2) is 22.0 Å². The Morgan fingerprint density at radius 2 is 1.91 bits per heavy atom. The lowest BCUT2D eigenvalue weighted by atomic mass is 10.3. The molecule has 0 aromatic carbocycles. The minimum absolute atomic E-state index is 0.324. The highest BCUT2D eigenvalue weighted by molar-refractivity contribution is 5.12. The van der Waals surface area contributed by atoms with Crippen molar-refractivity contribution in [2.75, 3.05) is 0 Å². The van der Waals surface area contributed by atoms with E-state index in [4.69, 9.17) is 0 Å². The molecule has 0 N–H and O–H groups in total. The minimum Gasteiger partial charge on any atom is -0.297 e. The molecular formula is C13H16F3N5O2. The Kier molecular flexibility index (Phi) is 4.44. The van der Waals surface area contributed by atoms with Crippen LogP contribution < -0.4 is 11.2 Å².